The van der Waals surface area contributed by atoms with Crippen molar-refractivity contribution in [3.05, 3.63) is 39.6 Å². The van der Waals surface area contributed by atoms with Crippen LogP contribution in [0.15, 0.2) is 22.5 Å². The quantitative estimate of drug-likeness (QED) is 0.601. The van der Waals surface area contributed by atoms with E-state index in [9.17, 15) is 4.79 Å². The standard InChI is InChI=1S/C12H10Cl2N2OS2/c1-2-11-15-12(19-16-11)18-6-10(17)8-5-7(13)3-4-9(8)14/h3-5H,2,6H2,1H3. The molecule has 0 radical (unpaired) electrons. The molecule has 0 atom stereocenters. The van der Waals surface area contributed by atoms with Crippen molar-refractivity contribution in [2.45, 2.75) is 17.7 Å². The second-order valence-corrected chi connectivity index (χ2v) is 6.48. The normalized spacial score (nSPS) is 10.7. The molecule has 2 aromatic rings. The zero-order chi connectivity index (χ0) is 13.8. The number of carbonyl (C=O) groups is 1. The van der Waals surface area contributed by atoms with Gasteiger partial charge in [-0.15, -0.1) is 0 Å². The number of aromatic nitrogens is 2. The lowest BCUT2D eigenvalue weighted by Crippen LogP contribution is -2.03. The Bertz CT molecular complexity index is 601. The fourth-order valence-corrected chi connectivity index (χ4v) is 3.33. The minimum absolute atomic E-state index is 0.0641. The third-order valence-electron chi connectivity index (χ3n) is 2.32. The van der Waals surface area contributed by atoms with Crippen LogP contribution in [-0.2, 0) is 6.42 Å². The molecule has 0 aliphatic rings. The van der Waals surface area contributed by atoms with E-state index >= 15 is 0 Å². The van der Waals surface area contributed by atoms with Crippen molar-refractivity contribution in [1.82, 2.24) is 9.36 Å². The van der Waals surface area contributed by atoms with Gasteiger partial charge in [0, 0.05) is 17.0 Å². The number of thioether (sulfide) groups is 1. The molecule has 0 saturated carbocycles. The van der Waals surface area contributed by atoms with Gasteiger partial charge in [-0.3, -0.25) is 4.79 Å². The molecule has 7 heteroatoms. The third kappa shape index (κ3) is 3.92. The summed E-state index contributed by atoms with van der Waals surface area (Å²) >= 11 is 14.5. The first-order valence-corrected chi connectivity index (χ1v) is 8.05. The molecule has 100 valence electrons. The molecule has 19 heavy (non-hydrogen) atoms. The molecular weight excluding hydrogens is 323 g/mol. The number of aryl methyl sites for hydroxylation is 1. The minimum atomic E-state index is -0.0641. The van der Waals surface area contributed by atoms with Gasteiger partial charge in [0.25, 0.3) is 0 Å². The SMILES string of the molecule is CCc1nsc(SCC(=O)c2cc(Cl)ccc2Cl)n1. The number of hydrogen-bond donors (Lipinski definition) is 0. The fraction of sp³-hybridized carbons (Fsp3) is 0.250. The number of halogens is 2. The Hall–Kier alpha value is -0.620. The summed E-state index contributed by atoms with van der Waals surface area (Å²) < 4.78 is 4.96. The predicted molar refractivity (Wildman–Crippen MR) is 80.8 cm³/mol. The first kappa shape index (κ1) is 14.8. The molecular formula is C12H10Cl2N2OS2. The largest absolute Gasteiger partial charge is 0.293 e. The third-order valence-corrected chi connectivity index (χ3v) is 4.76. The summed E-state index contributed by atoms with van der Waals surface area (Å²) in [6, 6.07) is 4.87. The van der Waals surface area contributed by atoms with E-state index in [-0.39, 0.29) is 11.5 Å². The van der Waals surface area contributed by atoms with Crippen LogP contribution in [0.4, 0.5) is 0 Å². The van der Waals surface area contributed by atoms with Crippen molar-refractivity contribution >= 4 is 52.3 Å². The topological polar surface area (TPSA) is 42.9 Å². The Labute approximate surface area is 129 Å². The molecule has 1 aromatic carbocycles. The Morgan fingerprint density at radius 3 is 2.89 bits per heavy atom. The van der Waals surface area contributed by atoms with Gasteiger partial charge in [-0.25, -0.2) is 4.98 Å². The number of carbonyl (C=O) groups excluding carboxylic acids is 1. The van der Waals surface area contributed by atoms with E-state index in [4.69, 9.17) is 23.2 Å². The maximum atomic E-state index is 12.1. The van der Waals surface area contributed by atoms with Crippen LogP contribution in [0.5, 0.6) is 0 Å². The molecule has 0 aliphatic heterocycles. The summed E-state index contributed by atoms with van der Waals surface area (Å²) in [7, 11) is 0. The minimum Gasteiger partial charge on any atom is -0.293 e. The number of ketones is 1. The molecule has 0 fully saturated rings. The van der Waals surface area contributed by atoms with E-state index in [1.54, 1.807) is 18.2 Å². The molecule has 0 spiro atoms. The van der Waals surface area contributed by atoms with Crippen molar-refractivity contribution in [2.24, 2.45) is 0 Å². The zero-order valence-corrected chi connectivity index (χ0v) is 13.2. The van der Waals surface area contributed by atoms with Gasteiger partial charge < -0.3 is 0 Å². The average Bonchev–Trinajstić information content (AvgIpc) is 2.87. The summed E-state index contributed by atoms with van der Waals surface area (Å²) in [5, 5.41) is 0.920. The highest BCUT2D eigenvalue weighted by molar-refractivity contribution is 8.01. The Morgan fingerprint density at radius 1 is 1.42 bits per heavy atom. The number of benzene rings is 1. The van der Waals surface area contributed by atoms with Gasteiger partial charge in [0.15, 0.2) is 10.1 Å². The van der Waals surface area contributed by atoms with E-state index in [2.05, 4.69) is 9.36 Å². The van der Waals surface area contributed by atoms with Crippen LogP contribution in [0.3, 0.4) is 0 Å². The molecule has 3 nitrogen and oxygen atoms in total. The smallest absolute Gasteiger partial charge is 0.174 e. The van der Waals surface area contributed by atoms with E-state index in [0.29, 0.717) is 15.6 Å². The number of hydrogen-bond acceptors (Lipinski definition) is 5. The van der Waals surface area contributed by atoms with Gasteiger partial charge in [-0.05, 0) is 29.7 Å². The molecule has 0 saturated heterocycles. The highest BCUT2D eigenvalue weighted by atomic mass is 35.5. The molecule has 2 rings (SSSR count). The van der Waals surface area contributed by atoms with Crippen molar-refractivity contribution in [3.8, 4) is 0 Å². The Kier molecular flexibility index (Phi) is 5.21. The Morgan fingerprint density at radius 2 is 2.21 bits per heavy atom. The summed E-state index contributed by atoms with van der Waals surface area (Å²) in [6.07, 6.45) is 0.797. The molecule has 0 amide bonds. The van der Waals surface area contributed by atoms with E-state index in [1.165, 1.54) is 23.3 Å². The molecule has 0 aliphatic carbocycles. The van der Waals surface area contributed by atoms with Crippen molar-refractivity contribution in [1.29, 1.82) is 0 Å². The zero-order valence-electron chi connectivity index (χ0n) is 10.0. The lowest BCUT2D eigenvalue weighted by atomic mass is 10.1. The molecule has 0 bridgehead atoms. The lowest BCUT2D eigenvalue weighted by Gasteiger charge is -2.02. The summed E-state index contributed by atoms with van der Waals surface area (Å²) in [5.41, 5.74) is 0.446. The molecule has 1 aromatic heterocycles. The van der Waals surface area contributed by atoms with E-state index in [1.807, 2.05) is 6.92 Å². The summed E-state index contributed by atoms with van der Waals surface area (Å²) in [5.74, 6) is 1.02. The maximum absolute atomic E-state index is 12.1. The monoisotopic (exact) mass is 332 g/mol. The highest BCUT2D eigenvalue weighted by Gasteiger charge is 2.13. The van der Waals surface area contributed by atoms with Gasteiger partial charge in [0.1, 0.15) is 5.82 Å². The van der Waals surface area contributed by atoms with Crippen LogP contribution in [0.1, 0.15) is 23.1 Å². The van der Waals surface area contributed by atoms with Gasteiger partial charge in [-0.1, -0.05) is 41.9 Å². The van der Waals surface area contributed by atoms with Crippen molar-refractivity contribution in [2.75, 3.05) is 5.75 Å². The van der Waals surface area contributed by atoms with Gasteiger partial charge in [-0.2, -0.15) is 4.37 Å². The van der Waals surface area contributed by atoms with Crippen LogP contribution in [0.2, 0.25) is 10.0 Å². The maximum Gasteiger partial charge on any atom is 0.174 e. The number of rotatable bonds is 5. The number of Topliss-reactive ketones (excluding diaryl/α,β-unsaturated/α-hetero) is 1. The van der Waals surface area contributed by atoms with Crippen molar-refractivity contribution in [3.63, 3.8) is 0 Å². The average molecular weight is 333 g/mol. The van der Waals surface area contributed by atoms with E-state index < -0.39 is 0 Å². The van der Waals surface area contributed by atoms with Crippen LogP contribution in [-0.4, -0.2) is 20.9 Å². The highest BCUT2D eigenvalue weighted by Crippen LogP contribution is 2.25. The van der Waals surface area contributed by atoms with Crippen LogP contribution < -0.4 is 0 Å². The first-order chi connectivity index (χ1) is 9.10. The summed E-state index contributed by atoms with van der Waals surface area (Å²) in [6.45, 7) is 1.99. The lowest BCUT2D eigenvalue weighted by molar-refractivity contribution is 0.102. The summed E-state index contributed by atoms with van der Waals surface area (Å²) in [4.78, 5) is 16.4. The van der Waals surface area contributed by atoms with Gasteiger partial charge >= 0.3 is 0 Å². The van der Waals surface area contributed by atoms with Gasteiger partial charge in [0.05, 0.1) is 10.8 Å². The second-order valence-electron chi connectivity index (χ2n) is 3.67. The molecule has 1 heterocycles. The van der Waals surface area contributed by atoms with Crippen LogP contribution in [0, 0.1) is 0 Å². The van der Waals surface area contributed by atoms with Crippen LogP contribution in [0.25, 0.3) is 0 Å². The molecule has 0 N–H and O–H groups in total. The Balaban J connectivity index is 2.03. The second kappa shape index (κ2) is 6.70. The van der Waals surface area contributed by atoms with Crippen molar-refractivity contribution < 1.29 is 4.79 Å². The first-order valence-electron chi connectivity index (χ1n) is 5.53. The van der Waals surface area contributed by atoms with Crippen LogP contribution >= 0.6 is 46.5 Å². The van der Waals surface area contributed by atoms with E-state index in [0.717, 1.165) is 16.6 Å². The van der Waals surface area contributed by atoms with Gasteiger partial charge in [0.2, 0.25) is 0 Å². The molecule has 0 unspecified atom stereocenters. The fourth-order valence-electron chi connectivity index (χ4n) is 1.36. The predicted octanol–water partition coefficient (Wildman–Crippen LogP) is 4.38. The number of nitrogens with zero attached hydrogens (tertiary/aromatic N) is 2.